The SMILES string of the molecule is COC(=O)C(C)Nc1nnc(Br)s1. The smallest absolute Gasteiger partial charge is 0.328 e. The summed E-state index contributed by atoms with van der Waals surface area (Å²) in [5, 5.41) is 10.9. The van der Waals surface area contributed by atoms with Crippen LogP contribution in [-0.2, 0) is 9.53 Å². The van der Waals surface area contributed by atoms with Crippen molar-refractivity contribution in [2.24, 2.45) is 0 Å². The first-order valence-corrected chi connectivity index (χ1v) is 5.08. The summed E-state index contributed by atoms with van der Waals surface area (Å²) in [4.78, 5) is 11.0. The molecule has 1 unspecified atom stereocenters. The number of carbonyl (C=O) groups is 1. The second kappa shape index (κ2) is 4.52. The lowest BCUT2D eigenvalue weighted by Crippen LogP contribution is -2.27. The molecule has 1 aromatic rings. The van der Waals surface area contributed by atoms with E-state index in [4.69, 9.17) is 0 Å². The monoisotopic (exact) mass is 265 g/mol. The van der Waals surface area contributed by atoms with Crippen LogP contribution in [0.5, 0.6) is 0 Å². The van der Waals surface area contributed by atoms with Crippen LogP contribution < -0.4 is 5.32 Å². The lowest BCUT2D eigenvalue weighted by Gasteiger charge is -2.08. The number of anilines is 1. The zero-order valence-corrected chi connectivity index (χ0v) is 9.48. The molecule has 0 fully saturated rings. The fourth-order valence-corrected chi connectivity index (χ4v) is 1.78. The number of nitrogens with one attached hydrogen (secondary N) is 1. The Morgan fingerprint density at radius 2 is 2.38 bits per heavy atom. The van der Waals surface area contributed by atoms with E-state index in [1.165, 1.54) is 18.4 Å². The van der Waals surface area contributed by atoms with E-state index in [2.05, 4.69) is 36.2 Å². The first kappa shape index (κ1) is 10.4. The van der Waals surface area contributed by atoms with E-state index in [0.29, 0.717) is 9.05 Å². The molecule has 0 saturated carbocycles. The molecule has 13 heavy (non-hydrogen) atoms. The minimum absolute atomic E-state index is 0.327. The molecule has 72 valence electrons. The molecule has 0 aliphatic heterocycles. The van der Waals surface area contributed by atoms with Gasteiger partial charge in [0.25, 0.3) is 0 Å². The third-order valence-electron chi connectivity index (χ3n) is 1.30. The number of ether oxygens (including phenoxy) is 1. The van der Waals surface area contributed by atoms with Gasteiger partial charge in [0.05, 0.1) is 7.11 Å². The number of hydrogen-bond donors (Lipinski definition) is 1. The third kappa shape index (κ3) is 2.92. The zero-order chi connectivity index (χ0) is 9.84. The molecule has 0 bridgehead atoms. The van der Waals surface area contributed by atoms with Crippen molar-refractivity contribution >= 4 is 38.4 Å². The Morgan fingerprint density at radius 3 is 2.85 bits per heavy atom. The van der Waals surface area contributed by atoms with E-state index in [-0.39, 0.29) is 5.97 Å². The summed E-state index contributed by atoms with van der Waals surface area (Å²) in [7, 11) is 1.34. The fourth-order valence-electron chi connectivity index (χ4n) is 0.685. The van der Waals surface area contributed by atoms with Crippen molar-refractivity contribution in [3.05, 3.63) is 3.92 Å². The second-order valence-corrected chi connectivity index (χ2v) is 4.50. The molecule has 7 heteroatoms. The van der Waals surface area contributed by atoms with Crippen LogP contribution in [0.15, 0.2) is 3.92 Å². The van der Waals surface area contributed by atoms with Crippen LogP contribution in [0.25, 0.3) is 0 Å². The maximum Gasteiger partial charge on any atom is 0.328 e. The summed E-state index contributed by atoms with van der Waals surface area (Å²) in [6.07, 6.45) is 0. The number of carbonyl (C=O) groups excluding carboxylic acids is 1. The Balaban J connectivity index is 2.54. The lowest BCUT2D eigenvalue weighted by molar-refractivity contribution is -0.141. The first-order valence-electron chi connectivity index (χ1n) is 3.47. The van der Waals surface area contributed by atoms with Crippen molar-refractivity contribution < 1.29 is 9.53 Å². The molecule has 1 heterocycles. The van der Waals surface area contributed by atoms with Gasteiger partial charge in [-0.2, -0.15) is 0 Å². The number of aromatic nitrogens is 2. The quantitative estimate of drug-likeness (QED) is 0.835. The van der Waals surface area contributed by atoms with Crippen molar-refractivity contribution in [3.63, 3.8) is 0 Å². The number of halogens is 1. The van der Waals surface area contributed by atoms with Crippen LogP contribution in [0.4, 0.5) is 5.13 Å². The first-order chi connectivity index (χ1) is 6.13. The van der Waals surface area contributed by atoms with Crippen molar-refractivity contribution in [2.45, 2.75) is 13.0 Å². The van der Waals surface area contributed by atoms with Gasteiger partial charge in [-0.25, -0.2) is 4.79 Å². The van der Waals surface area contributed by atoms with Gasteiger partial charge in [-0.3, -0.25) is 0 Å². The predicted molar refractivity (Wildman–Crippen MR) is 52.7 cm³/mol. The zero-order valence-electron chi connectivity index (χ0n) is 7.07. The van der Waals surface area contributed by atoms with E-state index in [9.17, 15) is 4.79 Å². The molecule has 0 aromatic carbocycles. The van der Waals surface area contributed by atoms with Gasteiger partial charge < -0.3 is 10.1 Å². The summed E-state index contributed by atoms with van der Waals surface area (Å²) in [6.45, 7) is 1.70. The Labute approximate surface area is 87.6 Å². The van der Waals surface area contributed by atoms with E-state index < -0.39 is 6.04 Å². The standard InChI is InChI=1S/C6H8BrN3O2S/c1-3(4(11)12-2)8-6-10-9-5(7)13-6/h3H,1-2H3,(H,8,10). The van der Waals surface area contributed by atoms with Gasteiger partial charge in [-0.05, 0) is 22.9 Å². The molecule has 0 aliphatic rings. The van der Waals surface area contributed by atoms with Gasteiger partial charge in [0.2, 0.25) is 5.13 Å². The normalized spacial score (nSPS) is 12.2. The van der Waals surface area contributed by atoms with E-state index in [0.717, 1.165) is 0 Å². The van der Waals surface area contributed by atoms with Crippen molar-refractivity contribution in [1.29, 1.82) is 0 Å². The highest BCUT2D eigenvalue weighted by Gasteiger charge is 2.14. The number of rotatable bonds is 3. The summed E-state index contributed by atoms with van der Waals surface area (Å²) < 4.78 is 5.21. The summed E-state index contributed by atoms with van der Waals surface area (Å²) in [5.41, 5.74) is 0. The molecule has 0 spiro atoms. The summed E-state index contributed by atoms with van der Waals surface area (Å²) >= 11 is 4.48. The number of nitrogens with zero attached hydrogens (tertiary/aromatic N) is 2. The average Bonchev–Trinajstić information content (AvgIpc) is 2.49. The maximum atomic E-state index is 11.0. The van der Waals surface area contributed by atoms with Crippen molar-refractivity contribution in [2.75, 3.05) is 12.4 Å². The molecule has 1 rings (SSSR count). The second-order valence-electron chi connectivity index (χ2n) is 2.25. The average molecular weight is 266 g/mol. The highest BCUT2D eigenvalue weighted by atomic mass is 79.9. The molecule has 1 atom stereocenters. The predicted octanol–water partition coefficient (Wildman–Crippen LogP) is 1.27. The molecular formula is C6H8BrN3O2S. The van der Waals surface area contributed by atoms with Gasteiger partial charge in [-0.15, -0.1) is 10.2 Å². The number of hydrogen-bond acceptors (Lipinski definition) is 6. The van der Waals surface area contributed by atoms with Gasteiger partial charge in [0.15, 0.2) is 3.92 Å². The Kier molecular flexibility index (Phi) is 3.61. The van der Waals surface area contributed by atoms with E-state index in [1.807, 2.05) is 0 Å². The van der Waals surface area contributed by atoms with Gasteiger partial charge in [0, 0.05) is 0 Å². The molecule has 1 aromatic heterocycles. The lowest BCUT2D eigenvalue weighted by atomic mass is 10.3. The summed E-state index contributed by atoms with van der Waals surface area (Å²) in [6, 6.07) is -0.412. The largest absolute Gasteiger partial charge is 0.467 e. The molecule has 0 aliphatic carbocycles. The van der Waals surface area contributed by atoms with E-state index in [1.54, 1.807) is 6.92 Å². The third-order valence-corrected chi connectivity index (χ3v) is 2.58. The minimum Gasteiger partial charge on any atom is -0.467 e. The number of esters is 1. The van der Waals surface area contributed by atoms with Gasteiger partial charge in [-0.1, -0.05) is 11.3 Å². The maximum absolute atomic E-state index is 11.0. The Bertz CT molecular complexity index is 304. The van der Waals surface area contributed by atoms with Crippen LogP contribution in [-0.4, -0.2) is 29.3 Å². The van der Waals surface area contributed by atoms with Crippen LogP contribution in [0.1, 0.15) is 6.92 Å². The molecule has 1 N–H and O–H groups in total. The fraction of sp³-hybridized carbons (Fsp3) is 0.500. The molecule has 0 amide bonds. The van der Waals surface area contributed by atoms with Gasteiger partial charge >= 0.3 is 5.97 Å². The molecule has 0 radical (unpaired) electrons. The Hall–Kier alpha value is -0.690. The molecular weight excluding hydrogens is 258 g/mol. The summed E-state index contributed by atoms with van der Waals surface area (Å²) in [5.74, 6) is -0.327. The highest BCUT2D eigenvalue weighted by molar-refractivity contribution is 9.11. The molecule has 0 saturated heterocycles. The van der Waals surface area contributed by atoms with E-state index >= 15 is 0 Å². The van der Waals surface area contributed by atoms with Gasteiger partial charge in [0.1, 0.15) is 6.04 Å². The topological polar surface area (TPSA) is 64.1 Å². The minimum atomic E-state index is -0.412. The van der Waals surface area contributed by atoms with Crippen molar-refractivity contribution in [1.82, 2.24) is 10.2 Å². The van der Waals surface area contributed by atoms with Crippen LogP contribution in [0, 0.1) is 0 Å². The molecule has 5 nitrogen and oxygen atoms in total. The van der Waals surface area contributed by atoms with Crippen molar-refractivity contribution in [3.8, 4) is 0 Å². The van der Waals surface area contributed by atoms with Crippen LogP contribution in [0.3, 0.4) is 0 Å². The Morgan fingerprint density at radius 1 is 1.69 bits per heavy atom. The highest BCUT2D eigenvalue weighted by Crippen LogP contribution is 2.20. The van der Waals surface area contributed by atoms with Crippen LogP contribution >= 0.6 is 27.3 Å². The number of methoxy groups -OCH3 is 1. The van der Waals surface area contributed by atoms with Crippen LogP contribution in [0.2, 0.25) is 0 Å².